The molecule has 1 amide bonds. The van der Waals surface area contributed by atoms with Gasteiger partial charge >= 0.3 is 0 Å². The first kappa shape index (κ1) is 22.7. The zero-order chi connectivity index (χ0) is 22.1. The van der Waals surface area contributed by atoms with Crippen molar-refractivity contribution < 1.29 is 9.53 Å². The molecule has 1 aliphatic carbocycles. The lowest BCUT2D eigenvalue weighted by Crippen LogP contribution is -2.60. The van der Waals surface area contributed by atoms with Crippen molar-refractivity contribution in [3.63, 3.8) is 0 Å². The first-order valence-electron chi connectivity index (χ1n) is 12.2. The molecule has 0 unspecified atom stereocenters. The summed E-state index contributed by atoms with van der Waals surface area (Å²) in [4.78, 5) is 18.7. The Kier molecular flexibility index (Phi) is 6.75. The van der Waals surface area contributed by atoms with Gasteiger partial charge < -0.3 is 15.0 Å². The topological polar surface area (TPSA) is 73.5 Å². The van der Waals surface area contributed by atoms with Crippen LogP contribution in [-0.2, 0) is 21.5 Å². The van der Waals surface area contributed by atoms with E-state index in [1.165, 1.54) is 0 Å². The Hall–Kier alpha value is -1.44. The molecule has 2 saturated heterocycles. The van der Waals surface area contributed by atoms with Crippen LogP contribution >= 0.6 is 0 Å². The number of likely N-dealkylation sites (tertiary alicyclic amines) is 1. The fourth-order valence-electron chi connectivity index (χ4n) is 5.82. The number of rotatable bonds is 5. The highest BCUT2D eigenvalue weighted by Crippen LogP contribution is 2.47. The third-order valence-electron chi connectivity index (χ3n) is 7.86. The van der Waals surface area contributed by atoms with E-state index in [0.717, 1.165) is 83.0 Å². The quantitative estimate of drug-likeness (QED) is 0.750. The summed E-state index contributed by atoms with van der Waals surface area (Å²) >= 11 is 0. The molecule has 3 fully saturated rings. The monoisotopic (exact) mass is 431 g/mol. The minimum Gasteiger partial charge on any atom is -0.379 e. The minimum atomic E-state index is -0.260. The van der Waals surface area contributed by atoms with Gasteiger partial charge in [0.05, 0.1) is 36.6 Å². The maximum atomic E-state index is 13.7. The van der Waals surface area contributed by atoms with Crippen molar-refractivity contribution in [1.29, 1.82) is 0 Å². The molecule has 2 N–H and O–H groups in total. The largest absolute Gasteiger partial charge is 0.379 e. The summed E-state index contributed by atoms with van der Waals surface area (Å²) in [6.45, 7) is 16.0. The third-order valence-corrected chi connectivity index (χ3v) is 7.86. The van der Waals surface area contributed by atoms with Gasteiger partial charge in [0.1, 0.15) is 0 Å². The zero-order valence-electron chi connectivity index (χ0n) is 19.9. The Bertz CT molecular complexity index is 751. The number of hydrogen-bond acceptors (Lipinski definition) is 5. The number of morpholine rings is 1. The maximum absolute atomic E-state index is 13.7. The van der Waals surface area contributed by atoms with Gasteiger partial charge in [-0.1, -0.05) is 27.7 Å². The Morgan fingerprint density at radius 2 is 2.06 bits per heavy atom. The van der Waals surface area contributed by atoms with Crippen LogP contribution in [0.25, 0.3) is 0 Å². The number of aromatic nitrogens is 2. The summed E-state index contributed by atoms with van der Waals surface area (Å²) in [5, 5.41) is 10.9. The van der Waals surface area contributed by atoms with E-state index in [0.29, 0.717) is 18.5 Å². The van der Waals surface area contributed by atoms with Gasteiger partial charge in [0.2, 0.25) is 5.91 Å². The van der Waals surface area contributed by atoms with Crippen LogP contribution in [0.3, 0.4) is 0 Å². The fourth-order valence-corrected chi connectivity index (χ4v) is 5.82. The summed E-state index contributed by atoms with van der Waals surface area (Å²) in [6, 6.07) is 2.69. The molecule has 0 radical (unpaired) electrons. The Balaban J connectivity index is 1.44. The van der Waals surface area contributed by atoms with Crippen molar-refractivity contribution in [1.82, 2.24) is 25.3 Å². The lowest BCUT2D eigenvalue weighted by molar-refractivity contribution is -0.145. The molecule has 3 heterocycles. The average Bonchev–Trinajstić information content (AvgIpc) is 3.27. The molecule has 4 rings (SSSR count). The predicted octanol–water partition coefficient (Wildman–Crippen LogP) is 2.54. The van der Waals surface area contributed by atoms with Gasteiger partial charge in [0.15, 0.2) is 0 Å². The second kappa shape index (κ2) is 9.20. The zero-order valence-corrected chi connectivity index (χ0v) is 19.9. The highest BCUT2D eigenvalue weighted by molar-refractivity contribution is 5.83. The number of carbonyl (C=O) groups is 1. The second-order valence-corrected chi connectivity index (χ2v) is 10.8. The van der Waals surface area contributed by atoms with Crippen molar-refractivity contribution in [2.24, 2.45) is 11.3 Å². The number of hydrogen-bond donors (Lipinski definition) is 2. The summed E-state index contributed by atoms with van der Waals surface area (Å²) in [7, 11) is 0. The minimum absolute atomic E-state index is 0.00537. The molecule has 2 aliphatic heterocycles. The summed E-state index contributed by atoms with van der Waals surface area (Å²) in [5.41, 5.74) is 1.76. The van der Waals surface area contributed by atoms with Crippen molar-refractivity contribution in [3.8, 4) is 0 Å². The maximum Gasteiger partial charge on any atom is 0.228 e. The Morgan fingerprint density at radius 1 is 1.29 bits per heavy atom. The molecular formula is C24H41N5O2. The van der Waals surface area contributed by atoms with Gasteiger partial charge in [-0.2, -0.15) is 5.10 Å². The van der Waals surface area contributed by atoms with E-state index >= 15 is 0 Å². The van der Waals surface area contributed by atoms with Crippen molar-refractivity contribution >= 4 is 5.91 Å². The second-order valence-electron chi connectivity index (χ2n) is 10.8. The van der Waals surface area contributed by atoms with Crippen LogP contribution in [0, 0.1) is 11.3 Å². The number of fused-ring (bicyclic) bond motifs is 1. The number of ether oxygens (including phenoxy) is 1. The van der Waals surface area contributed by atoms with Crippen LogP contribution in [0.2, 0.25) is 0 Å². The number of piperidine rings is 1. The van der Waals surface area contributed by atoms with Gasteiger partial charge in [-0.05, 0) is 50.8 Å². The van der Waals surface area contributed by atoms with Crippen molar-refractivity contribution in [2.75, 3.05) is 45.9 Å². The van der Waals surface area contributed by atoms with Crippen LogP contribution in [0.4, 0.5) is 0 Å². The number of aromatic amines is 1. The van der Waals surface area contributed by atoms with Gasteiger partial charge in [0, 0.05) is 31.1 Å². The van der Waals surface area contributed by atoms with E-state index in [9.17, 15) is 4.79 Å². The van der Waals surface area contributed by atoms with Gasteiger partial charge in [-0.15, -0.1) is 0 Å². The molecule has 1 aromatic rings. The number of nitrogens with one attached hydrogen (secondary N) is 2. The van der Waals surface area contributed by atoms with Crippen molar-refractivity contribution in [3.05, 3.63) is 17.5 Å². The van der Waals surface area contributed by atoms with Crippen LogP contribution in [0.5, 0.6) is 0 Å². The Morgan fingerprint density at radius 3 is 2.74 bits per heavy atom. The molecule has 31 heavy (non-hydrogen) atoms. The van der Waals surface area contributed by atoms with Gasteiger partial charge in [-0.3, -0.25) is 14.8 Å². The molecule has 7 nitrogen and oxygen atoms in total. The molecule has 0 spiro atoms. The molecule has 1 aromatic heterocycles. The molecular weight excluding hydrogens is 390 g/mol. The third kappa shape index (κ3) is 4.83. The number of H-pyrrole nitrogens is 1. The van der Waals surface area contributed by atoms with E-state index in [-0.39, 0.29) is 16.7 Å². The van der Waals surface area contributed by atoms with E-state index in [2.05, 4.69) is 59.1 Å². The molecule has 1 saturated carbocycles. The summed E-state index contributed by atoms with van der Waals surface area (Å²) in [5.74, 6) is 0.701. The molecule has 0 bridgehead atoms. The van der Waals surface area contributed by atoms with Crippen molar-refractivity contribution in [2.45, 2.75) is 71.4 Å². The normalized spacial score (nSPS) is 30.7. The summed E-state index contributed by atoms with van der Waals surface area (Å²) < 4.78 is 5.56. The first-order chi connectivity index (χ1) is 14.8. The molecule has 174 valence electrons. The first-order valence-corrected chi connectivity index (χ1v) is 12.2. The smallest absolute Gasteiger partial charge is 0.228 e. The SMILES string of the molecule is CCN1CC[C@@H]2C[C@@H](N3CCOCC3)CC[C@@]2(C(=O)NCc2cc(C(C)(C)C)n[nH]2)C1. The fraction of sp³-hybridized carbons (Fsp3) is 0.833. The van der Waals surface area contributed by atoms with Crippen LogP contribution in [0.1, 0.15) is 64.8 Å². The Labute approximate surface area is 187 Å². The van der Waals surface area contributed by atoms with E-state index in [4.69, 9.17) is 4.74 Å². The van der Waals surface area contributed by atoms with E-state index in [1.807, 2.05) is 0 Å². The number of carbonyl (C=O) groups excluding carboxylic acids is 1. The van der Waals surface area contributed by atoms with Crippen LogP contribution < -0.4 is 5.32 Å². The molecule has 3 atom stereocenters. The van der Waals surface area contributed by atoms with Gasteiger partial charge in [0.25, 0.3) is 0 Å². The number of nitrogens with zero attached hydrogens (tertiary/aromatic N) is 3. The molecule has 7 heteroatoms. The van der Waals surface area contributed by atoms with Crippen LogP contribution in [-0.4, -0.2) is 77.9 Å². The lowest BCUT2D eigenvalue weighted by Gasteiger charge is -2.53. The highest BCUT2D eigenvalue weighted by Gasteiger charge is 2.52. The number of amides is 1. The van der Waals surface area contributed by atoms with Crippen LogP contribution in [0.15, 0.2) is 6.07 Å². The van der Waals surface area contributed by atoms with Gasteiger partial charge in [-0.25, -0.2) is 0 Å². The molecule has 3 aliphatic rings. The lowest BCUT2D eigenvalue weighted by atomic mass is 9.61. The highest BCUT2D eigenvalue weighted by atomic mass is 16.5. The standard InChI is InChI=1S/C24H41N5O2/c1-5-28-9-7-18-14-20(29-10-12-31-13-11-29)6-8-24(18,17-28)22(30)25-16-19-15-21(27-26-19)23(2,3)4/h15,18,20H,5-14,16-17H2,1-4H3,(H,25,30)(H,26,27)/t18-,20+,24-/m1/s1. The average molecular weight is 432 g/mol. The van der Waals surface area contributed by atoms with E-state index in [1.54, 1.807) is 0 Å². The molecule has 0 aromatic carbocycles. The van der Waals surface area contributed by atoms with E-state index < -0.39 is 0 Å². The predicted molar refractivity (Wildman–Crippen MR) is 122 cm³/mol. The summed E-state index contributed by atoms with van der Waals surface area (Å²) in [6.07, 6.45) is 4.36.